The summed E-state index contributed by atoms with van der Waals surface area (Å²) >= 11 is 0. The normalized spacial score (nSPS) is 10.4. The first-order chi connectivity index (χ1) is 11.1. The average molecular weight is 312 g/mol. The minimum atomic E-state index is -0.200. The Morgan fingerprint density at radius 2 is 1.91 bits per heavy atom. The van der Waals surface area contributed by atoms with Crippen molar-refractivity contribution in [3.05, 3.63) is 65.2 Å². The highest BCUT2D eigenvalue weighted by molar-refractivity contribution is 5.89. The Bertz CT molecular complexity index is 641. The van der Waals surface area contributed by atoms with Gasteiger partial charge in [0.15, 0.2) is 0 Å². The van der Waals surface area contributed by atoms with Crippen molar-refractivity contribution in [2.75, 3.05) is 18.5 Å². The van der Waals surface area contributed by atoms with Crippen molar-refractivity contribution in [3.63, 3.8) is 0 Å². The number of urea groups is 1. The number of hydrogen-bond acceptors (Lipinski definition) is 2. The highest BCUT2D eigenvalue weighted by Gasteiger charge is 2.14. The van der Waals surface area contributed by atoms with E-state index in [0.717, 1.165) is 17.7 Å². The number of carbonyl (C=O) groups is 1. The van der Waals surface area contributed by atoms with Crippen LogP contribution >= 0.6 is 0 Å². The largest absolute Gasteiger partial charge is 0.395 e. The monoisotopic (exact) mass is 312 g/mol. The number of hydrogen-bond donors (Lipinski definition) is 2. The lowest BCUT2D eigenvalue weighted by Crippen LogP contribution is -2.36. The maximum atomic E-state index is 12.5. The third-order valence-corrected chi connectivity index (χ3v) is 3.85. The molecule has 0 aromatic heterocycles. The Kier molecular flexibility index (Phi) is 6.18. The number of aliphatic hydroxyl groups excluding tert-OH is 1. The number of anilines is 1. The summed E-state index contributed by atoms with van der Waals surface area (Å²) in [6.07, 6.45) is 0.930. The summed E-state index contributed by atoms with van der Waals surface area (Å²) < 4.78 is 0. The van der Waals surface area contributed by atoms with Gasteiger partial charge in [-0.05, 0) is 42.2 Å². The molecule has 2 aromatic rings. The lowest BCUT2D eigenvalue weighted by molar-refractivity contribution is 0.185. The van der Waals surface area contributed by atoms with E-state index in [1.807, 2.05) is 48.5 Å². The van der Waals surface area contributed by atoms with E-state index < -0.39 is 0 Å². The van der Waals surface area contributed by atoms with Gasteiger partial charge in [0, 0.05) is 18.8 Å². The molecule has 122 valence electrons. The quantitative estimate of drug-likeness (QED) is 0.856. The number of rotatable bonds is 6. The van der Waals surface area contributed by atoms with Crippen LogP contribution in [-0.4, -0.2) is 29.2 Å². The second-order valence-electron chi connectivity index (χ2n) is 5.56. The Morgan fingerprint density at radius 1 is 1.17 bits per heavy atom. The molecule has 0 spiro atoms. The van der Waals surface area contributed by atoms with Crippen molar-refractivity contribution in [3.8, 4) is 0 Å². The zero-order chi connectivity index (χ0) is 16.7. The smallest absolute Gasteiger partial charge is 0.322 e. The van der Waals surface area contributed by atoms with E-state index in [2.05, 4.69) is 19.2 Å². The van der Waals surface area contributed by atoms with Crippen molar-refractivity contribution in [1.29, 1.82) is 0 Å². The van der Waals surface area contributed by atoms with Crippen molar-refractivity contribution in [2.45, 2.75) is 26.8 Å². The molecule has 2 rings (SSSR count). The van der Waals surface area contributed by atoms with Crippen molar-refractivity contribution in [1.82, 2.24) is 4.90 Å². The molecule has 0 aliphatic rings. The molecule has 0 saturated carbocycles. The fraction of sp³-hybridized carbons (Fsp3) is 0.316. The predicted octanol–water partition coefficient (Wildman–Crippen LogP) is 3.58. The number of nitrogens with one attached hydrogen (secondary N) is 1. The van der Waals surface area contributed by atoms with Crippen LogP contribution < -0.4 is 5.32 Å². The Hall–Kier alpha value is -2.33. The SMILES string of the molecule is CCc1cc(NC(=O)N(CCO)Cc2ccccc2)ccc1C. The molecular weight excluding hydrogens is 288 g/mol. The van der Waals surface area contributed by atoms with Gasteiger partial charge in [0.05, 0.1) is 6.61 Å². The van der Waals surface area contributed by atoms with Gasteiger partial charge in [0.2, 0.25) is 0 Å². The second-order valence-corrected chi connectivity index (χ2v) is 5.56. The first-order valence-corrected chi connectivity index (χ1v) is 7.94. The maximum absolute atomic E-state index is 12.5. The highest BCUT2D eigenvalue weighted by atomic mass is 16.3. The molecule has 0 heterocycles. The fourth-order valence-corrected chi connectivity index (χ4v) is 2.51. The summed E-state index contributed by atoms with van der Waals surface area (Å²) in [5.41, 5.74) is 4.27. The second kappa shape index (κ2) is 8.34. The minimum Gasteiger partial charge on any atom is -0.395 e. The molecule has 2 amide bonds. The van der Waals surface area contributed by atoms with Crippen LogP contribution in [0.4, 0.5) is 10.5 Å². The van der Waals surface area contributed by atoms with Crippen LogP contribution in [0.2, 0.25) is 0 Å². The van der Waals surface area contributed by atoms with Crippen molar-refractivity contribution < 1.29 is 9.90 Å². The molecule has 4 nitrogen and oxygen atoms in total. The summed E-state index contributed by atoms with van der Waals surface area (Å²) in [4.78, 5) is 14.1. The fourth-order valence-electron chi connectivity index (χ4n) is 2.51. The molecule has 0 bridgehead atoms. The molecule has 2 aromatic carbocycles. The lowest BCUT2D eigenvalue weighted by atomic mass is 10.1. The lowest BCUT2D eigenvalue weighted by Gasteiger charge is -2.22. The van der Waals surface area contributed by atoms with E-state index in [1.54, 1.807) is 4.90 Å². The van der Waals surface area contributed by atoms with E-state index in [0.29, 0.717) is 13.1 Å². The standard InChI is InChI=1S/C19H24N2O2/c1-3-17-13-18(10-9-15(17)2)20-19(23)21(11-12-22)14-16-7-5-4-6-8-16/h4-10,13,22H,3,11-12,14H2,1-2H3,(H,20,23). The Labute approximate surface area is 137 Å². The molecule has 23 heavy (non-hydrogen) atoms. The number of carbonyl (C=O) groups excluding carboxylic acids is 1. The molecule has 0 fully saturated rings. The van der Waals surface area contributed by atoms with E-state index in [1.165, 1.54) is 11.1 Å². The van der Waals surface area contributed by atoms with Crippen LogP contribution in [0.1, 0.15) is 23.6 Å². The number of aryl methyl sites for hydroxylation is 2. The zero-order valence-electron chi connectivity index (χ0n) is 13.7. The summed E-state index contributed by atoms with van der Waals surface area (Å²) in [5, 5.41) is 12.2. The van der Waals surface area contributed by atoms with Crippen molar-refractivity contribution in [2.24, 2.45) is 0 Å². The molecule has 0 aliphatic carbocycles. The van der Waals surface area contributed by atoms with Gasteiger partial charge in [-0.15, -0.1) is 0 Å². The van der Waals surface area contributed by atoms with Gasteiger partial charge >= 0.3 is 6.03 Å². The van der Waals surface area contributed by atoms with Gasteiger partial charge in [0.25, 0.3) is 0 Å². The van der Waals surface area contributed by atoms with E-state index in [-0.39, 0.29) is 12.6 Å². The Morgan fingerprint density at radius 3 is 2.57 bits per heavy atom. The zero-order valence-corrected chi connectivity index (χ0v) is 13.7. The molecular formula is C19H24N2O2. The average Bonchev–Trinajstić information content (AvgIpc) is 2.57. The van der Waals surface area contributed by atoms with Gasteiger partial charge in [-0.1, -0.05) is 43.3 Å². The number of benzene rings is 2. The number of nitrogens with zero attached hydrogens (tertiary/aromatic N) is 1. The van der Waals surface area contributed by atoms with Crippen molar-refractivity contribution >= 4 is 11.7 Å². The summed E-state index contributed by atoms with van der Waals surface area (Å²) in [6, 6.07) is 15.5. The summed E-state index contributed by atoms with van der Waals surface area (Å²) in [5.74, 6) is 0. The number of amides is 2. The summed E-state index contributed by atoms with van der Waals surface area (Å²) in [7, 11) is 0. The van der Waals surface area contributed by atoms with Crippen LogP contribution in [0, 0.1) is 6.92 Å². The highest BCUT2D eigenvalue weighted by Crippen LogP contribution is 2.17. The summed E-state index contributed by atoms with van der Waals surface area (Å²) in [6.45, 7) is 4.88. The van der Waals surface area contributed by atoms with Gasteiger partial charge in [-0.3, -0.25) is 0 Å². The van der Waals surface area contributed by atoms with Crippen LogP contribution in [0.25, 0.3) is 0 Å². The van der Waals surface area contributed by atoms with Gasteiger partial charge in [-0.2, -0.15) is 0 Å². The molecule has 2 N–H and O–H groups in total. The third-order valence-electron chi connectivity index (χ3n) is 3.85. The Balaban J connectivity index is 2.08. The molecule has 0 saturated heterocycles. The minimum absolute atomic E-state index is 0.0611. The third kappa shape index (κ3) is 4.83. The molecule has 0 aliphatic heterocycles. The topological polar surface area (TPSA) is 52.6 Å². The number of aliphatic hydroxyl groups is 1. The first-order valence-electron chi connectivity index (χ1n) is 7.94. The van der Waals surface area contributed by atoms with Gasteiger partial charge in [0.1, 0.15) is 0 Å². The van der Waals surface area contributed by atoms with Crippen LogP contribution in [0.5, 0.6) is 0 Å². The molecule has 0 unspecified atom stereocenters. The van der Waals surface area contributed by atoms with E-state index >= 15 is 0 Å². The van der Waals surface area contributed by atoms with Crippen LogP contribution in [-0.2, 0) is 13.0 Å². The molecule has 0 radical (unpaired) electrons. The molecule has 0 atom stereocenters. The molecule has 4 heteroatoms. The van der Waals surface area contributed by atoms with E-state index in [4.69, 9.17) is 0 Å². The van der Waals surface area contributed by atoms with Gasteiger partial charge < -0.3 is 15.3 Å². The van der Waals surface area contributed by atoms with Gasteiger partial charge in [-0.25, -0.2) is 4.79 Å². The van der Waals surface area contributed by atoms with Crippen LogP contribution in [0.3, 0.4) is 0 Å². The predicted molar refractivity (Wildman–Crippen MR) is 93.5 cm³/mol. The maximum Gasteiger partial charge on any atom is 0.322 e. The van der Waals surface area contributed by atoms with Crippen LogP contribution in [0.15, 0.2) is 48.5 Å². The first kappa shape index (κ1) is 17.0. The van der Waals surface area contributed by atoms with E-state index in [9.17, 15) is 9.90 Å².